The van der Waals surface area contributed by atoms with Crippen molar-refractivity contribution in [2.24, 2.45) is 0 Å². The van der Waals surface area contributed by atoms with Crippen molar-refractivity contribution in [2.45, 2.75) is 31.3 Å². The zero-order valence-electron chi connectivity index (χ0n) is 8.76. The molecule has 8 nitrogen and oxygen atoms in total. The number of hydrogen-bond donors (Lipinski definition) is 7. The van der Waals surface area contributed by atoms with Crippen molar-refractivity contribution in [2.75, 3.05) is 13.2 Å². The molecule has 102 valence electrons. The molecule has 17 heavy (non-hydrogen) atoms. The Morgan fingerprint density at radius 3 is 1.65 bits per heavy atom. The second-order valence-electron chi connectivity index (χ2n) is 2.83. The van der Waals surface area contributed by atoms with Crippen LogP contribution in [0.15, 0.2) is 0 Å². The van der Waals surface area contributed by atoms with Crippen LogP contribution < -0.4 is 0 Å². The van der Waals surface area contributed by atoms with Gasteiger partial charge in [-0.3, -0.25) is 0 Å². The van der Waals surface area contributed by atoms with E-state index in [4.69, 9.17) is 35.7 Å². The monoisotopic (exact) mass is 284 g/mol. The van der Waals surface area contributed by atoms with Gasteiger partial charge in [-0.25, -0.2) is 4.79 Å². The second-order valence-corrected chi connectivity index (χ2v) is 2.83. The van der Waals surface area contributed by atoms with Gasteiger partial charge in [-0.1, -0.05) is 0 Å². The fourth-order valence-electron chi connectivity index (χ4n) is 0.668. The van der Waals surface area contributed by atoms with E-state index in [0.29, 0.717) is 0 Å². The van der Waals surface area contributed by atoms with E-state index < -0.39 is 37.0 Å². The van der Waals surface area contributed by atoms with Crippen molar-refractivity contribution in [3.05, 3.63) is 0 Å². The van der Waals surface area contributed by atoms with Crippen molar-refractivity contribution in [1.29, 1.82) is 0 Å². The van der Waals surface area contributed by atoms with Gasteiger partial charge in [0, 0.05) is 6.61 Å². The standard InChI is InChI=1S/C6H12O7.C2H6O.Ca.2H/c7-1-2(8)3(9)4(10)5(11)6(12)13;1-2-3;;;/h2-5,7-11H,1H2,(H,12,13);3H,2H2,1H3;;;. The summed E-state index contributed by atoms with van der Waals surface area (Å²) in [6, 6.07) is 0. The first kappa shape index (κ1) is 22.7. The summed E-state index contributed by atoms with van der Waals surface area (Å²) in [5.41, 5.74) is 0. The molecule has 4 unspecified atom stereocenters. The normalized spacial score (nSPS) is 16.6. The number of carboxylic acid groups (broad SMARTS) is 1. The van der Waals surface area contributed by atoms with E-state index in [1.165, 1.54) is 0 Å². The molecule has 7 N–H and O–H groups in total. The van der Waals surface area contributed by atoms with Crippen LogP contribution >= 0.6 is 0 Å². The number of aliphatic hydroxyl groups excluding tert-OH is 6. The molecular formula is C8H20CaO8. The molecule has 0 amide bonds. The maximum atomic E-state index is 10.1. The summed E-state index contributed by atoms with van der Waals surface area (Å²) >= 11 is 0. The third kappa shape index (κ3) is 10.1. The predicted octanol–water partition coefficient (Wildman–Crippen LogP) is -4.41. The fourth-order valence-corrected chi connectivity index (χ4v) is 0.668. The van der Waals surface area contributed by atoms with Crippen LogP contribution in [0.1, 0.15) is 6.92 Å². The zero-order valence-corrected chi connectivity index (χ0v) is 8.76. The molecule has 9 heteroatoms. The van der Waals surface area contributed by atoms with Gasteiger partial charge in [0.05, 0.1) is 6.61 Å². The molecule has 0 aliphatic rings. The van der Waals surface area contributed by atoms with Crippen LogP contribution in [0.4, 0.5) is 0 Å². The molecule has 0 rings (SSSR count). The van der Waals surface area contributed by atoms with Crippen molar-refractivity contribution >= 4 is 43.7 Å². The number of aliphatic hydroxyl groups is 6. The molecule has 0 aromatic heterocycles. The van der Waals surface area contributed by atoms with E-state index in [2.05, 4.69) is 0 Å². The second kappa shape index (κ2) is 12.9. The van der Waals surface area contributed by atoms with Crippen LogP contribution in [0.2, 0.25) is 0 Å². The molecule has 4 atom stereocenters. The van der Waals surface area contributed by atoms with Crippen LogP contribution in [0.25, 0.3) is 0 Å². The van der Waals surface area contributed by atoms with Gasteiger partial charge in [-0.15, -0.1) is 0 Å². The molecule has 0 spiro atoms. The Bertz CT molecular complexity index is 190. The molecule has 0 heterocycles. The fraction of sp³-hybridized carbons (Fsp3) is 0.875. The minimum absolute atomic E-state index is 0. The third-order valence-electron chi connectivity index (χ3n) is 1.51. The molecule has 0 aliphatic heterocycles. The number of carbonyl (C=O) groups is 1. The Morgan fingerprint density at radius 2 is 1.41 bits per heavy atom. The van der Waals surface area contributed by atoms with E-state index in [-0.39, 0.29) is 44.3 Å². The van der Waals surface area contributed by atoms with E-state index in [1.807, 2.05) is 0 Å². The Kier molecular flexibility index (Phi) is 17.2. The van der Waals surface area contributed by atoms with Crippen molar-refractivity contribution in [3.63, 3.8) is 0 Å². The molecule has 0 fully saturated rings. The molecule has 0 bridgehead atoms. The Hall–Kier alpha value is 0.490. The summed E-state index contributed by atoms with van der Waals surface area (Å²) in [7, 11) is 0. The molecule has 0 aliphatic carbocycles. The van der Waals surface area contributed by atoms with Crippen LogP contribution in [-0.2, 0) is 4.79 Å². The molecule has 0 saturated heterocycles. The van der Waals surface area contributed by atoms with Gasteiger partial charge in [0.15, 0.2) is 6.10 Å². The van der Waals surface area contributed by atoms with Crippen molar-refractivity contribution < 1.29 is 40.5 Å². The Balaban J connectivity index is -0.000000440. The average Bonchev–Trinajstić information content (AvgIpc) is 2.25. The van der Waals surface area contributed by atoms with Crippen LogP contribution in [0.3, 0.4) is 0 Å². The molecule has 0 radical (unpaired) electrons. The van der Waals surface area contributed by atoms with E-state index in [9.17, 15) is 4.79 Å². The first-order chi connectivity index (χ1) is 7.33. The summed E-state index contributed by atoms with van der Waals surface area (Å²) in [5.74, 6) is -1.73. The summed E-state index contributed by atoms with van der Waals surface area (Å²) in [5, 5.41) is 59.4. The average molecular weight is 284 g/mol. The molecular weight excluding hydrogens is 264 g/mol. The van der Waals surface area contributed by atoms with Crippen molar-refractivity contribution in [3.8, 4) is 0 Å². The van der Waals surface area contributed by atoms with Crippen molar-refractivity contribution in [1.82, 2.24) is 0 Å². The van der Waals surface area contributed by atoms with Gasteiger partial charge in [-0.05, 0) is 6.92 Å². The van der Waals surface area contributed by atoms with Gasteiger partial charge in [0.1, 0.15) is 18.3 Å². The van der Waals surface area contributed by atoms with Gasteiger partial charge in [0.25, 0.3) is 0 Å². The zero-order chi connectivity index (χ0) is 13.3. The van der Waals surface area contributed by atoms with Crippen LogP contribution in [-0.4, -0.2) is 117 Å². The molecule has 0 saturated carbocycles. The van der Waals surface area contributed by atoms with Crippen LogP contribution in [0.5, 0.6) is 0 Å². The number of hydrogen-bond acceptors (Lipinski definition) is 7. The summed E-state index contributed by atoms with van der Waals surface area (Å²) < 4.78 is 0. The predicted molar refractivity (Wildman–Crippen MR) is 60.1 cm³/mol. The van der Waals surface area contributed by atoms with Gasteiger partial charge < -0.3 is 35.7 Å². The Morgan fingerprint density at radius 1 is 1.06 bits per heavy atom. The number of carboxylic acids is 1. The van der Waals surface area contributed by atoms with E-state index >= 15 is 0 Å². The van der Waals surface area contributed by atoms with Gasteiger partial charge in [0.2, 0.25) is 0 Å². The Labute approximate surface area is 128 Å². The minimum atomic E-state index is -2.20. The maximum absolute atomic E-state index is 10.1. The quantitative estimate of drug-likeness (QED) is 0.249. The molecule has 0 aromatic rings. The van der Waals surface area contributed by atoms with E-state index in [1.54, 1.807) is 6.92 Å². The summed E-state index contributed by atoms with van der Waals surface area (Å²) in [6.07, 6.45) is -7.84. The number of aliphatic carboxylic acids is 1. The first-order valence-electron chi connectivity index (χ1n) is 4.50. The number of rotatable bonds is 5. The van der Waals surface area contributed by atoms with E-state index in [0.717, 1.165) is 0 Å². The summed E-state index contributed by atoms with van der Waals surface area (Å²) in [4.78, 5) is 10.1. The van der Waals surface area contributed by atoms with Crippen LogP contribution in [0, 0.1) is 0 Å². The molecule has 0 aromatic carbocycles. The SMILES string of the molecule is CCO.O=C(O)C(O)C(O)C(O)C(O)CO.[CaH2]. The van der Waals surface area contributed by atoms with Gasteiger partial charge in [-0.2, -0.15) is 0 Å². The third-order valence-corrected chi connectivity index (χ3v) is 1.51. The first-order valence-corrected chi connectivity index (χ1v) is 4.50. The van der Waals surface area contributed by atoms with Gasteiger partial charge >= 0.3 is 43.7 Å². The topological polar surface area (TPSA) is 159 Å². The summed E-state index contributed by atoms with van der Waals surface area (Å²) in [6.45, 7) is 1.09.